The van der Waals surface area contributed by atoms with Crippen LogP contribution in [0.4, 0.5) is 0 Å². The van der Waals surface area contributed by atoms with E-state index in [1.165, 1.54) is 5.75 Å². The van der Waals surface area contributed by atoms with Crippen molar-refractivity contribution in [1.82, 2.24) is 9.97 Å². The molecule has 2 nitrogen and oxygen atoms in total. The SMILES string of the molecule is CC1SCCSC1c1nc(Cl)c(I)c(Cl)n1. The van der Waals surface area contributed by atoms with Crippen LogP contribution in [-0.2, 0) is 0 Å². The molecule has 1 aromatic heterocycles. The molecular weight excluding hydrogens is 398 g/mol. The maximum absolute atomic E-state index is 6.03. The first-order valence-corrected chi connectivity index (χ1v) is 8.64. The van der Waals surface area contributed by atoms with Crippen molar-refractivity contribution < 1.29 is 0 Å². The fourth-order valence-electron chi connectivity index (χ4n) is 1.45. The van der Waals surface area contributed by atoms with Crippen LogP contribution in [0.3, 0.4) is 0 Å². The standard InChI is InChI=1S/C9H9Cl2IN2S2/c1-4-6(16-3-2-15-4)9-13-7(10)5(12)8(11)14-9/h4,6H,2-3H2,1H3. The van der Waals surface area contributed by atoms with Crippen molar-refractivity contribution in [2.75, 3.05) is 11.5 Å². The van der Waals surface area contributed by atoms with E-state index in [1.807, 2.05) is 23.5 Å². The summed E-state index contributed by atoms with van der Waals surface area (Å²) in [5, 5.41) is 1.72. The van der Waals surface area contributed by atoms with E-state index in [0.717, 1.165) is 15.1 Å². The highest BCUT2D eigenvalue weighted by molar-refractivity contribution is 14.1. The van der Waals surface area contributed by atoms with Crippen molar-refractivity contribution in [3.8, 4) is 0 Å². The zero-order valence-corrected chi connectivity index (χ0v) is 13.7. The number of rotatable bonds is 1. The van der Waals surface area contributed by atoms with E-state index in [4.69, 9.17) is 23.2 Å². The fraction of sp³-hybridized carbons (Fsp3) is 0.556. The van der Waals surface area contributed by atoms with Crippen LogP contribution in [0.2, 0.25) is 10.3 Å². The lowest BCUT2D eigenvalue weighted by atomic mass is 10.3. The molecule has 0 aromatic carbocycles. The van der Waals surface area contributed by atoms with E-state index in [2.05, 4.69) is 39.5 Å². The lowest BCUT2D eigenvalue weighted by Gasteiger charge is -2.26. The Hall–Kier alpha value is 1.09. The quantitative estimate of drug-likeness (QED) is 0.513. The van der Waals surface area contributed by atoms with Gasteiger partial charge in [0, 0.05) is 16.8 Å². The lowest BCUT2D eigenvalue weighted by molar-refractivity contribution is 0.821. The monoisotopic (exact) mass is 406 g/mol. The molecule has 0 bridgehead atoms. The topological polar surface area (TPSA) is 25.8 Å². The molecule has 1 aliphatic rings. The molecule has 0 amide bonds. The molecule has 88 valence electrons. The van der Waals surface area contributed by atoms with E-state index in [9.17, 15) is 0 Å². The minimum Gasteiger partial charge on any atom is -0.219 e. The second kappa shape index (κ2) is 5.82. The van der Waals surface area contributed by atoms with Gasteiger partial charge in [0.05, 0.1) is 8.82 Å². The molecule has 1 aromatic rings. The van der Waals surface area contributed by atoms with Crippen LogP contribution in [-0.4, -0.2) is 26.7 Å². The van der Waals surface area contributed by atoms with Crippen molar-refractivity contribution in [2.24, 2.45) is 0 Å². The van der Waals surface area contributed by atoms with Crippen LogP contribution in [0, 0.1) is 3.57 Å². The molecule has 0 N–H and O–H groups in total. The number of hydrogen-bond acceptors (Lipinski definition) is 4. The number of hydrogen-bond donors (Lipinski definition) is 0. The number of thioether (sulfide) groups is 2. The summed E-state index contributed by atoms with van der Waals surface area (Å²) >= 11 is 17.9. The largest absolute Gasteiger partial charge is 0.219 e. The minimum atomic E-state index is 0.297. The van der Waals surface area contributed by atoms with E-state index in [1.54, 1.807) is 0 Å². The molecule has 1 saturated heterocycles. The van der Waals surface area contributed by atoms with Crippen molar-refractivity contribution >= 4 is 69.3 Å². The Bertz CT molecular complexity index is 382. The molecular formula is C9H9Cl2IN2S2. The Labute approximate surface area is 127 Å². The lowest BCUT2D eigenvalue weighted by Crippen LogP contribution is -2.18. The fourth-order valence-corrected chi connectivity index (χ4v) is 4.78. The van der Waals surface area contributed by atoms with Crippen LogP contribution in [0.1, 0.15) is 18.0 Å². The minimum absolute atomic E-state index is 0.297. The highest BCUT2D eigenvalue weighted by Gasteiger charge is 2.27. The molecule has 7 heteroatoms. The third kappa shape index (κ3) is 2.91. The molecule has 0 saturated carbocycles. The average Bonchev–Trinajstić information content (AvgIpc) is 2.26. The van der Waals surface area contributed by atoms with Gasteiger partial charge in [-0.2, -0.15) is 11.8 Å². The maximum atomic E-state index is 6.03. The molecule has 1 aliphatic heterocycles. The highest BCUT2D eigenvalue weighted by atomic mass is 127. The smallest absolute Gasteiger partial charge is 0.147 e. The highest BCUT2D eigenvalue weighted by Crippen LogP contribution is 2.41. The van der Waals surface area contributed by atoms with Gasteiger partial charge in [0.1, 0.15) is 16.1 Å². The number of halogens is 3. The zero-order valence-electron chi connectivity index (χ0n) is 8.41. The van der Waals surface area contributed by atoms with E-state index >= 15 is 0 Å². The van der Waals surface area contributed by atoms with Gasteiger partial charge in [-0.15, -0.1) is 11.8 Å². The van der Waals surface area contributed by atoms with Gasteiger partial charge < -0.3 is 0 Å². The Morgan fingerprint density at radius 1 is 1.19 bits per heavy atom. The molecule has 0 radical (unpaired) electrons. The summed E-state index contributed by atoms with van der Waals surface area (Å²) in [6.07, 6.45) is 0. The summed E-state index contributed by atoms with van der Waals surface area (Å²) in [4.78, 5) is 8.67. The van der Waals surface area contributed by atoms with Crippen molar-refractivity contribution in [2.45, 2.75) is 17.4 Å². The van der Waals surface area contributed by atoms with Gasteiger partial charge in [-0.3, -0.25) is 0 Å². The second-order valence-corrected chi connectivity index (χ2v) is 7.87. The first-order chi connectivity index (χ1) is 7.59. The number of nitrogens with zero attached hydrogens (tertiary/aromatic N) is 2. The van der Waals surface area contributed by atoms with Gasteiger partial charge in [-0.1, -0.05) is 30.1 Å². The van der Waals surface area contributed by atoms with Gasteiger partial charge in [0.15, 0.2) is 0 Å². The van der Waals surface area contributed by atoms with Gasteiger partial charge in [-0.05, 0) is 22.6 Å². The Kier molecular flexibility index (Phi) is 4.92. The summed E-state index contributed by atoms with van der Waals surface area (Å²) in [6, 6.07) is 0. The summed E-state index contributed by atoms with van der Waals surface area (Å²) in [5.41, 5.74) is 0. The van der Waals surface area contributed by atoms with Crippen molar-refractivity contribution in [1.29, 1.82) is 0 Å². The molecule has 1 fully saturated rings. The molecule has 0 aliphatic carbocycles. The molecule has 0 spiro atoms. The molecule has 2 heterocycles. The first-order valence-electron chi connectivity index (χ1n) is 4.71. The van der Waals surface area contributed by atoms with Gasteiger partial charge >= 0.3 is 0 Å². The summed E-state index contributed by atoms with van der Waals surface area (Å²) in [5.74, 6) is 3.08. The summed E-state index contributed by atoms with van der Waals surface area (Å²) < 4.78 is 0.728. The number of aromatic nitrogens is 2. The van der Waals surface area contributed by atoms with Crippen LogP contribution in [0.5, 0.6) is 0 Å². The maximum Gasteiger partial charge on any atom is 0.147 e. The average molecular weight is 407 g/mol. The van der Waals surface area contributed by atoms with E-state index in [-0.39, 0.29) is 0 Å². The molecule has 2 rings (SSSR count). The van der Waals surface area contributed by atoms with Gasteiger partial charge in [0.2, 0.25) is 0 Å². The summed E-state index contributed by atoms with van der Waals surface area (Å²) in [7, 11) is 0. The van der Waals surface area contributed by atoms with Crippen LogP contribution < -0.4 is 0 Å². The Morgan fingerprint density at radius 3 is 2.31 bits per heavy atom. The van der Waals surface area contributed by atoms with E-state index in [0.29, 0.717) is 20.8 Å². The van der Waals surface area contributed by atoms with Crippen LogP contribution in [0.15, 0.2) is 0 Å². The first kappa shape index (κ1) is 13.5. The Morgan fingerprint density at radius 2 is 1.75 bits per heavy atom. The predicted octanol–water partition coefficient (Wildman–Crippen LogP) is 4.30. The van der Waals surface area contributed by atoms with Crippen molar-refractivity contribution in [3.05, 3.63) is 19.7 Å². The van der Waals surface area contributed by atoms with Crippen LogP contribution in [0.25, 0.3) is 0 Å². The van der Waals surface area contributed by atoms with Gasteiger partial charge in [-0.25, -0.2) is 9.97 Å². The second-order valence-electron chi connectivity index (χ2n) is 3.34. The molecule has 2 atom stereocenters. The zero-order chi connectivity index (χ0) is 11.7. The van der Waals surface area contributed by atoms with Crippen LogP contribution >= 0.6 is 69.3 Å². The third-order valence-corrected chi connectivity index (χ3v) is 7.52. The predicted molar refractivity (Wildman–Crippen MR) is 81.9 cm³/mol. The Balaban J connectivity index is 2.32. The van der Waals surface area contributed by atoms with Crippen molar-refractivity contribution in [3.63, 3.8) is 0 Å². The van der Waals surface area contributed by atoms with Gasteiger partial charge in [0.25, 0.3) is 0 Å². The molecule has 16 heavy (non-hydrogen) atoms. The van der Waals surface area contributed by atoms with E-state index < -0.39 is 0 Å². The third-order valence-electron chi connectivity index (χ3n) is 2.23. The normalized spacial score (nSPS) is 25.8. The summed E-state index contributed by atoms with van der Waals surface area (Å²) in [6.45, 7) is 2.20. The molecule has 2 unspecified atom stereocenters.